The van der Waals surface area contributed by atoms with Gasteiger partial charge in [0.15, 0.2) is 0 Å². The lowest BCUT2D eigenvalue weighted by Gasteiger charge is -2.24. The van der Waals surface area contributed by atoms with E-state index in [-0.39, 0.29) is 5.97 Å². The van der Waals surface area contributed by atoms with E-state index in [0.29, 0.717) is 18.7 Å². The Bertz CT molecular complexity index is 1340. The highest BCUT2D eigenvalue weighted by molar-refractivity contribution is 5.99. The number of nitrogens with two attached hydrogens (primary N) is 1. The Labute approximate surface area is 194 Å². The van der Waals surface area contributed by atoms with Gasteiger partial charge >= 0.3 is 5.97 Å². The van der Waals surface area contributed by atoms with E-state index < -0.39 is 0 Å². The van der Waals surface area contributed by atoms with Crippen molar-refractivity contribution >= 4 is 23.3 Å². The third kappa shape index (κ3) is 4.24. The molecule has 0 spiro atoms. The average Bonchev–Trinajstić information content (AvgIpc) is 2.80. The van der Waals surface area contributed by atoms with Gasteiger partial charge < -0.3 is 20.5 Å². The molecule has 0 fully saturated rings. The van der Waals surface area contributed by atoms with E-state index in [1.165, 1.54) is 0 Å². The lowest BCUT2D eigenvalue weighted by atomic mass is 9.88. The first-order chi connectivity index (χ1) is 16.0. The van der Waals surface area contributed by atoms with Gasteiger partial charge in [0.25, 0.3) is 0 Å². The highest BCUT2D eigenvalue weighted by atomic mass is 16.5. The second-order valence-corrected chi connectivity index (χ2v) is 8.08. The summed E-state index contributed by atoms with van der Waals surface area (Å²) in [7, 11) is 0. The molecule has 3 aromatic rings. The largest absolute Gasteiger partial charge is 0.462 e. The number of carbonyl (C=O) groups is 1. The fourth-order valence-electron chi connectivity index (χ4n) is 4.32. The minimum atomic E-state index is -0.332. The molecular weight excluding hydrogens is 412 g/mol. The van der Waals surface area contributed by atoms with Crippen LogP contribution in [-0.4, -0.2) is 25.7 Å². The van der Waals surface area contributed by atoms with Crippen molar-refractivity contribution in [2.45, 2.75) is 27.7 Å². The van der Waals surface area contributed by atoms with Crippen LogP contribution in [0.3, 0.4) is 0 Å². The number of carbonyl (C=O) groups excluding carboxylic acids is 1. The van der Waals surface area contributed by atoms with Crippen LogP contribution in [0.2, 0.25) is 0 Å². The van der Waals surface area contributed by atoms with Gasteiger partial charge in [0.05, 0.1) is 12.2 Å². The highest BCUT2D eigenvalue weighted by Crippen LogP contribution is 2.40. The number of benzene rings is 3. The molecular formula is C28H30N2O3. The van der Waals surface area contributed by atoms with Crippen LogP contribution >= 0.6 is 0 Å². The molecule has 1 aliphatic rings. The van der Waals surface area contributed by atoms with Crippen molar-refractivity contribution in [2.24, 2.45) is 5.73 Å². The maximum atomic E-state index is 12.8. The number of anilines is 1. The molecule has 1 heterocycles. The Morgan fingerprint density at radius 2 is 1.82 bits per heavy atom. The molecule has 0 atom stereocenters. The Morgan fingerprint density at radius 3 is 2.55 bits per heavy atom. The lowest BCUT2D eigenvalue weighted by molar-refractivity contribution is 0.0526. The fraction of sp³-hybridized carbons (Fsp3) is 0.250. The van der Waals surface area contributed by atoms with Crippen molar-refractivity contribution in [1.82, 2.24) is 0 Å². The zero-order valence-corrected chi connectivity index (χ0v) is 19.6. The average molecular weight is 443 g/mol. The molecule has 0 amide bonds. The summed E-state index contributed by atoms with van der Waals surface area (Å²) < 4.78 is 11.8. The van der Waals surface area contributed by atoms with Crippen LogP contribution < -0.4 is 26.2 Å². The quantitative estimate of drug-likeness (QED) is 0.442. The first-order valence-corrected chi connectivity index (χ1v) is 11.4. The molecule has 3 N–H and O–H groups in total. The fourth-order valence-corrected chi connectivity index (χ4v) is 4.32. The molecule has 0 aliphatic carbocycles. The summed E-state index contributed by atoms with van der Waals surface area (Å²) in [6.45, 7) is 9.60. The van der Waals surface area contributed by atoms with E-state index in [4.69, 9.17) is 15.2 Å². The number of hydrogen-bond donors (Lipinski definition) is 2. The van der Waals surface area contributed by atoms with E-state index in [2.05, 4.69) is 38.2 Å². The molecule has 33 heavy (non-hydrogen) atoms. The maximum absolute atomic E-state index is 12.8. The number of fused-ring (bicyclic) bond motifs is 2. The summed E-state index contributed by atoms with van der Waals surface area (Å²) in [5.74, 6) is 1.16. The monoisotopic (exact) mass is 442 g/mol. The number of aryl methyl sites for hydroxylation is 2. The normalized spacial score (nSPS) is 12.6. The Morgan fingerprint density at radius 1 is 1.03 bits per heavy atom. The van der Waals surface area contributed by atoms with Crippen LogP contribution in [-0.2, 0) is 4.74 Å². The topological polar surface area (TPSA) is 73.6 Å². The molecule has 170 valence electrons. The van der Waals surface area contributed by atoms with Gasteiger partial charge in [0.1, 0.15) is 11.5 Å². The van der Waals surface area contributed by atoms with Gasteiger partial charge in [0, 0.05) is 41.2 Å². The lowest BCUT2D eigenvalue weighted by Crippen LogP contribution is -2.23. The standard InChI is InChI=1S/C28H30N2O3/c1-5-30-24-16-26-23(14-18(24)4)27(20-9-7-8-10-21(20)28(31)32-6-2)22-13-17(3)19(11-12-29)15-25(22)33-26/h7-11,13-16,30H,5-6,12,29H2,1-4H3. The van der Waals surface area contributed by atoms with Crippen LogP contribution in [0.4, 0.5) is 5.69 Å². The predicted octanol–water partition coefficient (Wildman–Crippen LogP) is 4.00. The Kier molecular flexibility index (Phi) is 6.52. The van der Waals surface area contributed by atoms with Crippen LogP contribution in [0.25, 0.3) is 11.6 Å². The van der Waals surface area contributed by atoms with Crippen molar-refractivity contribution in [2.75, 3.05) is 25.0 Å². The summed E-state index contributed by atoms with van der Waals surface area (Å²) in [6, 6.07) is 15.9. The number of nitrogens with one attached hydrogen (secondary N) is 1. The summed E-state index contributed by atoms with van der Waals surface area (Å²) in [6.07, 6.45) is 1.99. The number of esters is 1. The van der Waals surface area contributed by atoms with E-state index in [0.717, 1.165) is 62.0 Å². The third-order valence-corrected chi connectivity index (χ3v) is 5.85. The predicted molar refractivity (Wildman–Crippen MR) is 133 cm³/mol. The molecule has 4 rings (SSSR count). The molecule has 0 radical (unpaired) electrons. The zero-order chi connectivity index (χ0) is 23.5. The SMILES string of the molecule is CCNc1cc2c(cc1C)C(c1ccccc1C(=O)OCC)=c1cc(C)c(=CCN)cc1O2. The minimum Gasteiger partial charge on any atom is -0.462 e. The van der Waals surface area contributed by atoms with Gasteiger partial charge in [-0.2, -0.15) is 0 Å². The third-order valence-electron chi connectivity index (χ3n) is 5.85. The zero-order valence-electron chi connectivity index (χ0n) is 19.6. The Hall–Kier alpha value is -3.57. The van der Waals surface area contributed by atoms with Crippen LogP contribution in [0.5, 0.6) is 11.5 Å². The van der Waals surface area contributed by atoms with Crippen molar-refractivity contribution in [3.05, 3.63) is 86.8 Å². The molecule has 0 bridgehead atoms. The van der Waals surface area contributed by atoms with E-state index in [1.54, 1.807) is 0 Å². The first kappa shape index (κ1) is 22.6. The second-order valence-electron chi connectivity index (χ2n) is 8.08. The first-order valence-electron chi connectivity index (χ1n) is 11.4. The maximum Gasteiger partial charge on any atom is 0.338 e. The van der Waals surface area contributed by atoms with Gasteiger partial charge in [-0.15, -0.1) is 0 Å². The molecule has 0 saturated carbocycles. The molecule has 0 aromatic heterocycles. The number of ether oxygens (including phenoxy) is 2. The van der Waals surface area contributed by atoms with Crippen molar-refractivity contribution in [1.29, 1.82) is 0 Å². The molecule has 0 saturated heterocycles. The van der Waals surface area contributed by atoms with Crippen molar-refractivity contribution < 1.29 is 14.3 Å². The summed E-state index contributed by atoms with van der Waals surface area (Å²) in [4.78, 5) is 12.8. The summed E-state index contributed by atoms with van der Waals surface area (Å²) in [5.41, 5.74) is 12.3. The van der Waals surface area contributed by atoms with Gasteiger partial charge in [-0.3, -0.25) is 0 Å². The molecule has 3 aromatic carbocycles. The van der Waals surface area contributed by atoms with Gasteiger partial charge in [0.2, 0.25) is 0 Å². The van der Waals surface area contributed by atoms with E-state index in [1.807, 2.05) is 49.4 Å². The highest BCUT2D eigenvalue weighted by Gasteiger charge is 2.25. The number of hydrogen-bond acceptors (Lipinski definition) is 5. The smallest absolute Gasteiger partial charge is 0.338 e. The van der Waals surface area contributed by atoms with Gasteiger partial charge in [-0.1, -0.05) is 24.3 Å². The number of rotatable bonds is 6. The van der Waals surface area contributed by atoms with Gasteiger partial charge in [-0.05, 0) is 73.9 Å². The minimum absolute atomic E-state index is 0.321. The Balaban J connectivity index is 2.10. The van der Waals surface area contributed by atoms with Crippen molar-refractivity contribution in [3.8, 4) is 11.5 Å². The summed E-state index contributed by atoms with van der Waals surface area (Å²) in [5, 5.41) is 5.39. The molecule has 0 unspecified atom stereocenters. The van der Waals surface area contributed by atoms with Gasteiger partial charge in [-0.25, -0.2) is 4.79 Å². The second kappa shape index (κ2) is 9.51. The molecule has 1 aliphatic heterocycles. The summed E-state index contributed by atoms with van der Waals surface area (Å²) >= 11 is 0. The van der Waals surface area contributed by atoms with E-state index in [9.17, 15) is 4.79 Å². The molecule has 5 heteroatoms. The van der Waals surface area contributed by atoms with Crippen LogP contribution in [0.15, 0.2) is 48.5 Å². The van der Waals surface area contributed by atoms with Crippen LogP contribution in [0.1, 0.15) is 46.5 Å². The van der Waals surface area contributed by atoms with Crippen molar-refractivity contribution in [3.63, 3.8) is 0 Å². The van der Waals surface area contributed by atoms with Crippen LogP contribution in [0, 0.1) is 13.8 Å². The van der Waals surface area contributed by atoms with E-state index >= 15 is 0 Å². The molecule has 5 nitrogen and oxygen atoms in total.